The fourth-order valence-electron chi connectivity index (χ4n) is 2.45. The maximum Gasteiger partial charge on any atom is 0.323 e. The van der Waals surface area contributed by atoms with Gasteiger partial charge in [0.1, 0.15) is 5.54 Å². The van der Waals surface area contributed by atoms with Gasteiger partial charge in [0.2, 0.25) is 0 Å². The first-order chi connectivity index (χ1) is 8.51. The van der Waals surface area contributed by atoms with Crippen LogP contribution in [0.15, 0.2) is 0 Å². The molecule has 0 saturated heterocycles. The average molecular weight is 272 g/mol. The van der Waals surface area contributed by atoms with Gasteiger partial charge in [-0.3, -0.25) is 10.1 Å². The molecule has 0 aromatic carbocycles. The van der Waals surface area contributed by atoms with Crippen molar-refractivity contribution >= 4 is 5.97 Å². The molecular formula is C15H32N2O2. The number of hydrogen-bond acceptors (Lipinski definition) is 3. The van der Waals surface area contributed by atoms with Crippen molar-refractivity contribution in [1.29, 1.82) is 0 Å². The highest BCUT2D eigenvalue weighted by Gasteiger charge is 2.36. The summed E-state index contributed by atoms with van der Waals surface area (Å²) in [4.78, 5) is 13.8. The summed E-state index contributed by atoms with van der Waals surface area (Å²) in [7, 11) is 2.08. The van der Waals surface area contributed by atoms with E-state index in [1.54, 1.807) is 6.92 Å². The monoisotopic (exact) mass is 272 g/mol. The Hall–Kier alpha value is -0.610. The van der Waals surface area contributed by atoms with Crippen molar-refractivity contribution in [3.8, 4) is 0 Å². The highest BCUT2D eigenvalue weighted by atomic mass is 16.4. The quantitative estimate of drug-likeness (QED) is 0.713. The SMILES string of the molecule is CC(C)NC(C)(CC(C)N(C)C(C)C(C)C)C(=O)O. The zero-order chi connectivity index (χ0) is 15.4. The number of carboxylic acid groups (broad SMARTS) is 1. The molecule has 0 bridgehead atoms. The van der Waals surface area contributed by atoms with Gasteiger partial charge in [0.25, 0.3) is 0 Å². The van der Waals surface area contributed by atoms with E-state index in [0.717, 1.165) is 0 Å². The average Bonchev–Trinajstić information content (AvgIpc) is 2.25. The molecule has 0 rings (SSSR count). The number of carboxylic acids is 1. The largest absolute Gasteiger partial charge is 0.480 e. The Labute approximate surface area is 118 Å². The summed E-state index contributed by atoms with van der Waals surface area (Å²) in [6, 6.07) is 0.804. The Morgan fingerprint density at radius 3 is 2.00 bits per heavy atom. The third kappa shape index (κ3) is 5.49. The lowest BCUT2D eigenvalue weighted by atomic mass is 9.91. The zero-order valence-corrected chi connectivity index (χ0v) is 13.8. The lowest BCUT2D eigenvalue weighted by molar-refractivity contribution is -0.145. The van der Waals surface area contributed by atoms with Gasteiger partial charge in [-0.1, -0.05) is 13.8 Å². The molecule has 0 aliphatic heterocycles. The van der Waals surface area contributed by atoms with E-state index in [0.29, 0.717) is 18.4 Å². The molecule has 0 spiro atoms. The molecule has 19 heavy (non-hydrogen) atoms. The highest BCUT2D eigenvalue weighted by Crippen LogP contribution is 2.20. The van der Waals surface area contributed by atoms with Gasteiger partial charge >= 0.3 is 5.97 Å². The molecular weight excluding hydrogens is 240 g/mol. The van der Waals surface area contributed by atoms with E-state index in [4.69, 9.17) is 0 Å². The van der Waals surface area contributed by atoms with Gasteiger partial charge in [-0.05, 0) is 54.0 Å². The second-order valence-corrected chi connectivity index (χ2v) is 6.64. The van der Waals surface area contributed by atoms with Gasteiger partial charge < -0.3 is 10.0 Å². The summed E-state index contributed by atoms with van der Waals surface area (Å²) in [6.45, 7) is 14.4. The molecule has 2 N–H and O–H groups in total. The minimum absolute atomic E-state index is 0.154. The van der Waals surface area contributed by atoms with Gasteiger partial charge in [-0.2, -0.15) is 0 Å². The van der Waals surface area contributed by atoms with Crippen molar-refractivity contribution in [1.82, 2.24) is 10.2 Å². The lowest BCUT2D eigenvalue weighted by Crippen LogP contribution is -2.56. The zero-order valence-electron chi connectivity index (χ0n) is 13.8. The predicted molar refractivity (Wildman–Crippen MR) is 80.5 cm³/mol. The molecule has 4 nitrogen and oxygen atoms in total. The van der Waals surface area contributed by atoms with E-state index < -0.39 is 11.5 Å². The van der Waals surface area contributed by atoms with Gasteiger partial charge in [-0.25, -0.2) is 0 Å². The van der Waals surface area contributed by atoms with E-state index in [1.165, 1.54) is 0 Å². The summed E-state index contributed by atoms with van der Waals surface area (Å²) >= 11 is 0. The lowest BCUT2D eigenvalue weighted by Gasteiger charge is -2.38. The van der Waals surface area contributed by atoms with Crippen LogP contribution >= 0.6 is 0 Å². The standard InChI is InChI=1S/C15H32N2O2/c1-10(2)13(6)17(8)12(5)9-15(7,14(18)19)16-11(3)4/h10-13,16H,9H2,1-8H3,(H,18,19). The number of aliphatic carboxylic acids is 1. The van der Waals surface area contributed by atoms with Gasteiger partial charge in [0.05, 0.1) is 0 Å². The van der Waals surface area contributed by atoms with Crippen molar-refractivity contribution in [2.24, 2.45) is 5.92 Å². The van der Waals surface area contributed by atoms with Crippen LogP contribution < -0.4 is 5.32 Å². The van der Waals surface area contributed by atoms with Crippen LogP contribution in [-0.2, 0) is 4.79 Å². The van der Waals surface area contributed by atoms with Gasteiger partial charge in [0, 0.05) is 18.1 Å². The minimum Gasteiger partial charge on any atom is -0.480 e. The maximum atomic E-state index is 11.5. The Morgan fingerprint density at radius 1 is 1.21 bits per heavy atom. The maximum absolute atomic E-state index is 11.5. The summed E-state index contributed by atoms with van der Waals surface area (Å²) in [5, 5.41) is 12.7. The topological polar surface area (TPSA) is 52.6 Å². The fraction of sp³-hybridized carbons (Fsp3) is 0.933. The van der Waals surface area contributed by atoms with Gasteiger partial charge in [-0.15, -0.1) is 0 Å². The normalized spacial score (nSPS) is 18.7. The van der Waals surface area contributed by atoms with Crippen LogP contribution in [0.4, 0.5) is 0 Å². The summed E-state index contributed by atoms with van der Waals surface area (Å²) in [6.07, 6.45) is 0.591. The molecule has 0 aliphatic rings. The molecule has 0 heterocycles. The smallest absolute Gasteiger partial charge is 0.323 e. The molecule has 3 atom stereocenters. The molecule has 0 aromatic rings. The van der Waals surface area contributed by atoms with E-state index in [9.17, 15) is 9.90 Å². The molecule has 0 aromatic heterocycles. The Kier molecular flexibility index (Phi) is 7.01. The summed E-state index contributed by atoms with van der Waals surface area (Å²) < 4.78 is 0. The molecule has 3 unspecified atom stereocenters. The van der Waals surface area contributed by atoms with E-state index in [-0.39, 0.29) is 12.1 Å². The van der Waals surface area contributed by atoms with E-state index in [1.807, 2.05) is 13.8 Å². The molecule has 0 saturated carbocycles. The van der Waals surface area contributed by atoms with Crippen molar-refractivity contribution in [2.75, 3.05) is 7.05 Å². The predicted octanol–water partition coefficient (Wildman–Crippen LogP) is 2.58. The molecule has 4 heteroatoms. The van der Waals surface area contributed by atoms with Crippen molar-refractivity contribution < 1.29 is 9.90 Å². The summed E-state index contributed by atoms with van der Waals surface area (Å²) in [5.74, 6) is -0.222. The molecule has 114 valence electrons. The third-order valence-electron chi connectivity index (χ3n) is 4.09. The summed E-state index contributed by atoms with van der Waals surface area (Å²) in [5.41, 5.74) is -0.876. The van der Waals surface area contributed by atoms with Gasteiger partial charge in [0.15, 0.2) is 0 Å². The van der Waals surface area contributed by atoms with E-state index in [2.05, 4.69) is 45.0 Å². The Morgan fingerprint density at radius 2 is 1.68 bits per heavy atom. The van der Waals surface area contributed by atoms with Crippen LogP contribution in [0.3, 0.4) is 0 Å². The van der Waals surface area contributed by atoms with E-state index >= 15 is 0 Å². The first kappa shape index (κ1) is 18.4. The van der Waals surface area contributed by atoms with Crippen LogP contribution in [0.5, 0.6) is 0 Å². The first-order valence-electron chi connectivity index (χ1n) is 7.24. The molecule has 0 aliphatic carbocycles. The second-order valence-electron chi connectivity index (χ2n) is 6.64. The molecule has 0 amide bonds. The number of carbonyl (C=O) groups is 1. The fourth-order valence-corrected chi connectivity index (χ4v) is 2.45. The number of nitrogens with one attached hydrogen (secondary N) is 1. The molecule has 0 radical (unpaired) electrons. The molecule has 0 fully saturated rings. The van der Waals surface area contributed by atoms with Crippen LogP contribution in [0.25, 0.3) is 0 Å². The Bertz CT molecular complexity index is 292. The van der Waals surface area contributed by atoms with Crippen molar-refractivity contribution in [3.05, 3.63) is 0 Å². The van der Waals surface area contributed by atoms with Crippen LogP contribution in [0.2, 0.25) is 0 Å². The van der Waals surface area contributed by atoms with Crippen molar-refractivity contribution in [2.45, 2.75) is 78.6 Å². The number of hydrogen-bond donors (Lipinski definition) is 2. The van der Waals surface area contributed by atoms with Crippen LogP contribution in [0.1, 0.15) is 54.9 Å². The van der Waals surface area contributed by atoms with Crippen molar-refractivity contribution in [3.63, 3.8) is 0 Å². The number of rotatable bonds is 8. The van der Waals surface area contributed by atoms with Crippen LogP contribution in [0, 0.1) is 5.92 Å². The highest BCUT2D eigenvalue weighted by molar-refractivity contribution is 5.78. The minimum atomic E-state index is -0.876. The first-order valence-corrected chi connectivity index (χ1v) is 7.24. The third-order valence-corrected chi connectivity index (χ3v) is 4.09. The van der Waals surface area contributed by atoms with Crippen LogP contribution in [-0.4, -0.2) is 46.7 Å². The number of nitrogens with zero attached hydrogens (tertiary/aromatic N) is 1. The second kappa shape index (κ2) is 7.25. The Balaban J connectivity index is 4.81.